The number of carbonyl (C=O) groups is 1. The first-order valence-electron chi connectivity index (χ1n) is 8.76. The fourth-order valence-electron chi connectivity index (χ4n) is 3.01. The number of carbonyl (C=O) groups excluding carboxylic acids is 1. The second kappa shape index (κ2) is 8.81. The normalized spacial score (nSPS) is 25.6. The van der Waals surface area contributed by atoms with Crippen molar-refractivity contribution in [2.24, 2.45) is 0 Å². The highest BCUT2D eigenvalue weighted by Crippen LogP contribution is 2.43. The fourth-order valence-corrected chi connectivity index (χ4v) is 3.85. The number of hydrogen-bond donors (Lipinski definition) is 4. The number of imidazole rings is 1. The van der Waals surface area contributed by atoms with Gasteiger partial charge in [-0.05, 0) is 25.4 Å². The zero-order chi connectivity index (χ0) is 22.2. The first-order valence-corrected chi connectivity index (χ1v) is 10.8. The van der Waals surface area contributed by atoms with E-state index < -0.39 is 50.6 Å². The molecule has 0 aromatic carbocycles. The number of ether oxygens (including phenoxy) is 3. The Bertz CT molecular complexity index is 982. The molecular weight excluding hydrogens is 447 g/mol. The molecule has 13 nitrogen and oxygen atoms in total. The predicted molar refractivity (Wildman–Crippen MR) is 99.4 cm³/mol. The number of aliphatic hydroxyl groups is 2. The van der Waals surface area contributed by atoms with E-state index in [-0.39, 0.29) is 17.5 Å². The van der Waals surface area contributed by atoms with Crippen LogP contribution in [0.25, 0.3) is 11.2 Å². The summed E-state index contributed by atoms with van der Waals surface area (Å²) >= 11 is 5.88. The summed E-state index contributed by atoms with van der Waals surface area (Å²) in [5.41, 5.74) is 1.16. The van der Waals surface area contributed by atoms with Gasteiger partial charge >= 0.3 is 13.6 Å². The van der Waals surface area contributed by atoms with Gasteiger partial charge in [0.05, 0.1) is 25.2 Å². The largest absolute Gasteiger partial charge is 0.464 e. The van der Waals surface area contributed by atoms with Crippen LogP contribution < -0.4 is 0 Å². The SMILES string of the molecule is CCOC(=O)C(OC[C@H]1O[C@@H](n2cnc3c(C)nc(Cl)nc32)[C@H](O)[C@@H]1O)P(=O)(O)O. The molecule has 0 radical (unpaired) electrons. The van der Waals surface area contributed by atoms with Crippen LogP contribution >= 0.6 is 19.2 Å². The minimum absolute atomic E-state index is 0.0476. The third-order valence-electron chi connectivity index (χ3n) is 4.39. The van der Waals surface area contributed by atoms with Crippen LogP contribution in [0.4, 0.5) is 0 Å². The zero-order valence-corrected chi connectivity index (χ0v) is 17.5. The summed E-state index contributed by atoms with van der Waals surface area (Å²) in [6.07, 6.45) is -4.00. The Kier molecular flexibility index (Phi) is 6.75. The van der Waals surface area contributed by atoms with E-state index in [4.69, 9.17) is 21.1 Å². The lowest BCUT2D eigenvalue weighted by Gasteiger charge is -2.20. The Morgan fingerprint density at radius 1 is 1.37 bits per heavy atom. The van der Waals surface area contributed by atoms with Crippen molar-refractivity contribution in [2.75, 3.05) is 13.2 Å². The minimum atomic E-state index is -5.00. The first kappa shape index (κ1) is 23.0. The second-order valence-electron chi connectivity index (χ2n) is 6.48. The molecule has 0 bridgehead atoms. The van der Waals surface area contributed by atoms with Crippen LogP contribution in [-0.4, -0.2) is 82.9 Å². The standard InChI is InChI=1S/C15H20ClN4O9P/c1-3-27-13(23)14(30(24,25)26)28-4-7-9(21)10(22)12(29-7)20-5-17-8-6(2)18-15(16)19-11(8)20/h5,7,9-10,12,14,21-22H,3-4H2,1-2H3,(H2,24,25,26)/t7-,9-,10-,12-,14?/m1/s1. The predicted octanol–water partition coefficient (Wildman–Crippen LogP) is -0.509. The molecule has 1 aliphatic rings. The molecule has 0 amide bonds. The van der Waals surface area contributed by atoms with Gasteiger partial charge in [-0.15, -0.1) is 0 Å². The molecule has 30 heavy (non-hydrogen) atoms. The molecule has 0 saturated carbocycles. The smallest absolute Gasteiger partial charge is 0.365 e. The van der Waals surface area contributed by atoms with Crippen LogP contribution in [0.2, 0.25) is 5.28 Å². The number of aliphatic hydroxyl groups excluding tert-OH is 2. The maximum Gasteiger partial charge on any atom is 0.365 e. The molecule has 4 N–H and O–H groups in total. The molecule has 0 aliphatic carbocycles. The Morgan fingerprint density at radius 2 is 2.07 bits per heavy atom. The summed E-state index contributed by atoms with van der Waals surface area (Å²) in [6, 6.07) is 0. The Labute approximate surface area is 174 Å². The minimum Gasteiger partial charge on any atom is -0.464 e. The average Bonchev–Trinajstić information content (AvgIpc) is 3.17. The van der Waals surface area contributed by atoms with Crippen molar-refractivity contribution in [1.82, 2.24) is 19.5 Å². The molecule has 15 heteroatoms. The van der Waals surface area contributed by atoms with Crippen LogP contribution in [-0.2, 0) is 23.6 Å². The molecule has 5 atom stereocenters. The monoisotopic (exact) mass is 466 g/mol. The van der Waals surface area contributed by atoms with Gasteiger partial charge in [-0.25, -0.2) is 14.8 Å². The van der Waals surface area contributed by atoms with Crippen molar-refractivity contribution < 1.29 is 43.6 Å². The van der Waals surface area contributed by atoms with E-state index in [9.17, 15) is 29.4 Å². The van der Waals surface area contributed by atoms with E-state index in [0.717, 1.165) is 0 Å². The molecule has 166 valence electrons. The first-order chi connectivity index (χ1) is 14.0. The molecule has 1 fully saturated rings. The van der Waals surface area contributed by atoms with E-state index in [1.54, 1.807) is 6.92 Å². The van der Waals surface area contributed by atoms with E-state index in [2.05, 4.69) is 19.7 Å². The molecular formula is C15H20ClN4O9P. The summed E-state index contributed by atoms with van der Waals surface area (Å²) in [5, 5.41) is 20.7. The molecule has 1 aliphatic heterocycles. The third kappa shape index (κ3) is 4.48. The lowest BCUT2D eigenvalue weighted by molar-refractivity contribution is -0.155. The maximum absolute atomic E-state index is 11.8. The quantitative estimate of drug-likeness (QED) is 0.233. The van der Waals surface area contributed by atoms with Crippen LogP contribution in [0.1, 0.15) is 18.8 Å². The summed E-state index contributed by atoms with van der Waals surface area (Å²) in [5.74, 6) is -3.44. The maximum atomic E-state index is 11.8. The Hall–Kier alpha value is -1.70. The van der Waals surface area contributed by atoms with E-state index in [1.165, 1.54) is 17.8 Å². The summed E-state index contributed by atoms with van der Waals surface area (Å²) in [4.78, 5) is 42.6. The highest BCUT2D eigenvalue weighted by Gasteiger charge is 2.46. The van der Waals surface area contributed by atoms with Crippen molar-refractivity contribution in [1.29, 1.82) is 0 Å². The average molecular weight is 467 g/mol. The summed E-state index contributed by atoms with van der Waals surface area (Å²) in [6.45, 7) is 2.42. The van der Waals surface area contributed by atoms with Crippen LogP contribution in [0.5, 0.6) is 0 Å². The molecule has 1 saturated heterocycles. The molecule has 3 heterocycles. The lowest BCUT2D eigenvalue weighted by Crippen LogP contribution is -2.36. The number of esters is 1. The number of halogens is 1. The Morgan fingerprint density at radius 3 is 2.70 bits per heavy atom. The van der Waals surface area contributed by atoms with E-state index in [1.807, 2.05) is 0 Å². The number of hydrogen-bond acceptors (Lipinski definition) is 10. The zero-order valence-electron chi connectivity index (χ0n) is 15.8. The van der Waals surface area contributed by atoms with Crippen molar-refractivity contribution in [3.63, 3.8) is 0 Å². The number of nitrogens with zero attached hydrogens (tertiary/aromatic N) is 4. The van der Waals surface area contributed by atoms with Gasteiger partial charge in [0.2, 0.25) is 5.28 Å². The van der Waals surface area contributed by atoms with Gasteiger partial charge in [-0.2, -0.15) is 4.98 Å². The van der Waals surface area contributed by atoms with E-state index in [0.29, 0.717) is 11.2 Å². The van der Waals surface area contributed by atoms with Gasteiger partial charge < -0.3 is 34.2 Å². The molecule has 2 aromatic heterocycles. The topological polar surface area (TPSA) is 186 Å². The van der Waals surface area contributed by atoms with Gasteiger partial charge in [0.25, 0.3) is 5.85 Å². The number of aromatic nitrogens is 4. The number of aryl methyl sites for hydroxylation is 1. The van der Waals surface area contributed by atoms with Gasteiger partial charge in [-0.1, -0.05) is 0 Å². The number of rotatable bonds is 7. The van der Waals surface area contributed by atoms with E-state index >= 15 is 0 Å². The summed E-state index contributed by atoms with van der Waals surface area (Å²) in [7, 11) is -5.00. The van der Waals surface area contributed by atoms with Crippen molar-refractivity contribution in [3.05, 3.63) is 17.3 Å². The van der Waals surface area contributed by atoms with Crippen molar-refractivity contribution in [3.8, 4) is 0 Å². The summed E-state index contributed by atoms with van der Waals surface area (Å²) < 4.78 is 28.1. The van der Waals surface area contributed by atoms with Gasteiger partial charge in [-0.3, -0.25) is 9.13 Å². The highest BCUT2D eigenvalue weighted by atomic mass is 35.5. The second-order valence-corrected chi connectivity index (χ2v) is 8.46. The lowest BCUT2D eigenvalue weighted by atomic mass is 10.1. The van der Waals surface area contributed by atoms with Crippen molar-refractivity contribution in [2.45, 2.75) is 44.2 Å². The van der Waals surface area contributed by atoms with Crippen LogP contribution in [0, 0.1) is 6.92 Å². The molecule has 0 spiro atoms. The molecule has 2 aromatic rings. The van der Waals surface area contributed by atoms with Gasteiger partial charge in [0.1, 0.15) is 23.8 Å². The van der Waals surface area contributed by atoms with Gasteiger partial charge in [0, 0.05) is 0 Å². The van der Waals surface area contributed by atoms with Crippen LogP contribution in [0.15, 0.2) is 6.33 Å². The van der Waals surface area contributed by atoms with Crippen LogP contribution in [0.3, 0.4) is 0 Å². The highest BCUT2D eigenvalue weighted by molar-refractivity contribution is 7.53. The molecule has 3 rings (SSSR count). The fraction of sp³-hybridized carbons (Fsp3) is 0.600. The molecule has 1 unspecified atom stereocenters. The number of fused-ring (bicyclic) bond motifs is 1. The Balaban J connectivity index is 1.79. The van der Waals surface area contributed by atoms with Gasteiger partial charge in [0.15, 0.2) is 11.9 Å². The van der Waals surface area contributed by atoms with Crippen molar-refractivity contribution >= 4 is 36.3 Å². The third-order valence-corrected chi connectivity index (χ3v) is 5.53.